The van der Waals surface area contributed by atoms with E-state index in [1.54, 1.807) is 25.7 Å². The first-order valence-electron chi connectivity index (χ1n) is 9.67. The van der Waals surface area contributed by atoms with Gasteiger partial charge in [0.2, 0.25) is 5.91 Å². The van der Waals surface area contributed by atoms with E-state index in [0.29, 0.717) is 34.7 Å². The molecular formula is C21H25N3O6S. The summed E-state index contributed by atoms with van der Waals surface area (Å²) in [5.74, 6) is 0.945. The van der Waals surface area contributed by atoms with E-state index < -0.39 is 5.69 Å². The third-order valence-electron chi connectivity index (χ3n) is 4.84. The van der Waals surface area contributed by atoms with E-state index >= 15 is 0 Å². The maximum atomic E-state index is 12.8. The molecule has 3 rings (SSSR count). The average molecular weight is 448 g/mol. The molecule has 1 aromatic carbocycles. The molecule has 0 spiro atoms. The van der Waals surface area contributed by atoms with Crippen LogP contribution in [0.25, 0.3) is 10.2 Å². The monoisotopic (exact) mass is 447 g/mol. The fourth-order valence-corrected chi connectivity index (χ4v) is 4.09. The minimum absolute atomic E-state index is 0.128. The number of benzene rings is 1. The Morgan fingerprint density at radius 3 is 2.55 bits per heavy atom. The Kier molecular flexibility index (Phi) is 7.48. The molecule has 3 aromatic rings. The zero-order chi connectivity index (χ0) is 22.4. The number of aromatic nitrogens is 2. The number of nitrogens with zero attached hydrogens (tertiary/aromatic N) is 2. The van der Waals surface area contributed by atoms with Gasteiger partial charge in [-0.05, 0) is 35.6 Å². The summed E-state index contributed by atoms with van der Waals surface area (Å²) in [7, 11) is 4.64. The van der Waals surface area contributed by atoms with Gasteiger partial charge in [-0.25, -0.2) is 4.79 Å². The number of hydrogen-bond donors (Lipinski definition) is 1. The lowest BCUT2D eigenvalue weighted by Gasteiger charge is -2.13. The summed E-state index contributed by atoms with van der Waals surface area (Å²) in [6, 6.07) is 7.25. The van der Waals surface area contributed by atoms with Crippen molar-refractivity contribution in [2.45, 2.75) is 19.5 Å². The van der Waals surface area contributed by atoms with Gasteiger partial charge >= 0.3 is 5.69 Å². The largest absolute Gasteiger partial charge is 0.493 e. The zero-order valence-corrected chi connectivity index (χ0v) is 18.5. The quantitative estimate of drug-likeness (QED) is 0.502. The number of fused-ring (bicyclic) bond motifs is 1. The maximum Gasteiger partial charge on any atom is 0.332 e. The first-order chi connectivity index (χ1) is 15.0. The molecular weight excluding hydrogens is 422 g/mol. The van der Waals surface area contributed by atoms with Crippen molar-refractivity contribution in [3.05, 3.63) is 56.0 Å². The minimum atomic E-state index is -0.525. The Labute approximate surface area is 182 Å². The molecule has 31 heavy (non-hydrogen) atoms. The molecule has 0 saturated carbocycles. The van der Waals surface area contributed by atoms with E-state index in [-0.39, 0.29) is 31.2 Å². The summed E-state index contributed by atoms with van der Waals surface area (Å²) in [6.45, 7) is 0.566. The number of carbonyl (C=O) groups is 1. The van der Waals surface area contributed by atoms with Crippen molar-refractivity contribution in [1.29, 1.82) is 0 Å². The number of amides is 1. The predicted octanol–water partition coefficient (Wildman–Crippen LogP) is 1.25. The molecule has 10 heteroatoms. The van der Waals surface area contributed by atoms with E-state index in [2.05, 4.69) is 5.32 Å². The number of thiophene rings is 1. The Morgan fingerprint density at radius 1 is 1.06 bits per heavy atom. The summed E-state index contributed by atoms with van der Waals surface area (Å²) in [5, 5.41) is 4.56. The van der Waals surface area contributed by atoms with Crippen LogP contribution < -0.4 is 26.0 Å². The second-order valence-corrected chi connectivity index (χ2v) is 7.66. The van der Waals surface area contributed by atoms with Crippen molar-refractivity contribution in [2.75, 3.05) is 34.5 Å². The summed E-state index contributed by atoms with van der Waals surface area (Å²) < 4.78 is 18.4. The van der Waals surface area contributed by atoms with Crippen molar-refractivity contribution in [2.24, 2.45) is 0 Å². The third-order valence-corrected chi connectivity index (χ3v) is 5.73. The fourth-order valence-electron chi connectivity index (χ4n) is 3.25. The molecule has 0 saturated heterocycles. The van der Waals surface area contributed by atoms with Gasteiger partial charge in [-0.15, -0.1) is 11.3 Å². The molecule has 0 fully saturated rings. The lowest BCUT2D eigenvalue weighted by molar-refractivity contribution is -0.121. The molecule has 0 aliphatic rings. The van der Waals surface area contributed by atoms with Crippen LogP contribution in [0, 0.1) is 0 Å². The molecule has 0 radical (unpaired) electrons. The van der Waals surface area contributed by atoms with Crippen LogP contribution in [0.15, 0.2) is 39.2 Å². The Hall–Kier alpha value is -3.11. The van der Waals surface area contributed by atoms with E-state index in [9.17, 15) is 14.4 Å². The van der Waals surface area contributed by atoms with Crippen LogP contribution in [0.1, 0.15) is 5.56 Å². The van der Waals surface area contributed by atoms with E-state index in [1.807, 2.05) is 18.2 Å². The van der Waals surface area contributed by atoms with Gasteiger partial charge in [0.15, 0.2) is 11.5 Å². The second-order valence-electron chi connectivity index (χ2n) is 6.74. The summed E-state index contributed by atoms with van der Waals surface area (Å²) in [6.07, 6.45) is 0.586. The molecule has 0 aliphatic carbocycles. The normalized spacial score (nSPS) is 10.9. The van der Waals surface area contributed by atoms with Crippen LogP contribution in [-0.2, 0) is 29.0 Å². The van der Waals surface area contributed by atoms with Crippen LogP contribution in [0.5, 0.6) is 11.5 Å². The Balaban J connectivity index is 1.71. The van der Waals surface area contributed by atoms with Gasteiger partial charge in [0.1, 0.15) is 11.2 Å². The van der Waals surface area contributed by atoms with Crippen molar-refractivity contribution in [3.63, 3.8) is 0 Å². The first-order valence-corrected chi connectivity index (χ1v) is 10.6. The average Bonchev–Trinajstić information content (AvgIpc) is 3.26. The first kappa shape index (κ1) is 22.6. The second kappa shape index (κ2) is 10.3. The lowest BCUT2D eigenvalue weighted by Crippen LogP contribution is -2.43. The van der Waals surface area contributed by atoms with Crippen LogP contribution in [-0.4, -0.2) is 49.5 Å². The summed E-state index contributed by atoms with van der Waals surface area (Å²) in [5.41, 5.74) is 0.548. The predicted molar refractivity (Wildman–Crippen MR) is 118 cm³/mol. The molecule has 166 valence electrons. The lowest BCUT2D eigenvalue weighted by atomic mass is 10.1. The highest BCUT2D eigenvalue weighted by atomic mass is 32.1. The van der Waals surface area contributed by atoms with Crippen LogP contribution in [0.3, 0.4) is 0 Å². The molecule has 0 aliphatic heterocycles. The van der Waals surface area contributed by atoms with Gasteiger partial charge in [0.05, 0.1) is 32.9 Å². The van der Waals surface area contributed by atoms with Crippen molar-refractivity contribution >= 4 is 27.5 Å². The van der Waals surface area contributed by atoms with E-state index in [1.165, 1.54) is 23.0 Å². The summed E-state index contributed by atoms with van der Waals surface area (Å²) in [4.78, 5) is 37.9. The van der Waals surface area contributed by atoms with Gasteiger partial charge in [0, 0.05) is 13.7 Å². The van der Waals surface area contributed by atoms with Crippen LogP contribution in [0.2, 0.25) is 0 Å². The molecule has 2 aromatic heterocycles. The standard InChI is InChI=1S/C21H25N3O6S/c1-28-10-9-23-20(26)19-15(7-11-31-19)24(21(23)27)13-18(25)22-8-6-14-4-5-16(29-2)17(12-14)30-3/h4-5,7,11-12H,6,8-10,13H2,1-3H3,(H,22,25). The highest BCUT2D eigenvalue weighted by molar-refractivity contribution is 7.17. The third kappa shape index (κ3) is 4.97. The molecule has 0 unspecified atom stereocenters. The maximum absolute atomic E-state index is 12.8. The number of ether oxygens (including phenoxy) is 3. The SMILES string of the molecule is COCCn1c(=O)c2sccc2n(CC(=O)NCCc2ccc(OC)c(OC)c2)c1=O. The number of methoxy groups -OCH3 is 3. The Morgan fingerprint density at radius 2 is 1.84 bits per heavy atom. The molecule has 9 nitrogen and oxygen atoms in total. The van der Waals surface area contributed by atoms with Crippen LogP contribution >= 0.6 is 11.3 Å². The molecule has 1 amide bonds. The Bertz CT molecular complexity index is 1180. The van der Waals surface area contributed by atoms with Gasteiger partial charge in [0.25, 0.3) is 5.56 Å². The summed E-state index contributed by atoms with van der Waals surface area (Å²) >= 11 is 1.25. The molecule has 0 bridgehead atoms. The van der Waals surface area contributed by atoms with Gasteiger partial charge < -0.3 is 19.5 Å². The number of carbonyl (C=O) groups excluding carboxylic acids is 1. The number of nitrogens with one attached hydrogen (secondary N) is 1. The smallest absolute Gasteiger partial charge is 0.332 e. The molecule has 2 heterocycles. The topological polar surface area (TPSA) is 101 Å². The van der Waals surface area contributed by atoms with Crippen molar-refractivity contribution in [1.82, 2.24) is 14.5 Å². The number of hydrogen-bond acceptors (Lipinski definition) is 7. The van der Waals surface area contributed by atoms with Crippen molar-refractivity contribution < 1.29 is 19.0 Å². The number of rotatable bonds is 10. The highest BCUT2D eigenvalue weighted by Crippen LogP contribution is 2.27. The minimum Gasteiger partial charge on any atom is -0.493 e. The molecule has 0 atom stereocenters. The van der Waals surface area contributed by atoms with E-state index in [4.69, 9.17) is 14.2 Å². The van der Waals surface area contributed by atoms with Gasteiger partial charge in [-0.1, -0.05) is 6.07 Å². The van der Waals surface area contributed by atoms with Crippen LogP contribution in [0.4, 0.5) is 0 Å². The molecule has 1 N–H and O–H groups in total. The van der Waals surface area contributed by atoms with E-state index in [0.717, 1.165) is 10.1 Å². The fraction of sp³-hybridized carbons (Fsp3) is 0.381. The highest BCUT2D eigenvalue weighted by Gasteiger charge is 2.16. The van der Waals surface area contributed by atoms with Crippen molar-refractivity contribution in [3.8, 4) is 11.5 Å². The van der Waals surface area contributed by atoms with Gasteiger partial charge in [-0.2, -0.15) is 0 Å². The zero-order valence-electron chi connectivity index (χ0n) is 17.7. The van der Waals surface area contributed by atoms with Gasteiger partial charge in [-0.3, -0.25) is 18.7 Å².